The van der Waals surface area contributed by atoms with Gasteiger partial charge in [0.2, 0.25) is 11.8 Å². The van der Waals surface area contributed by atoms with Crippen LogP contribution < -0.4 is 26.5 Å². The first kappa shape index (κ1) is 55.0. The summed E-state index contributed by atoms with van der Waals surface area (Å²) in [5.74, 6) is 4.59. The maximum atomic E-state index is 14.7. The summed E-state index contributed by atoms with van der Waals surface area (Å²) in [4.78, 5) is 76.8. The molecule has 4 amide bonds. The summed E-state index contributed by atoms with van der Waals surface area (Å²) in [6.07, 6.45) is 8.93. The molecule has 10 atom stereocenters. The third-order valence-corrected chi connectivity index (χ3v) is 15.5. The number of likely N-dealkylation sites (tertiary alicyclic amines) is 1. The number of hydrogen-bond donors (Lipinski definition) is 6. The van der Waals surface area contributed by atoms with Crippen molar-refractivity contribution in [3.8, 4) is 16.2 Å². The summed E-state index contributed by atoms with van der Waals surface area (Å²) in [5, 5.41) is 33.1. The summed E-state index contributed by atoms with van der Waals surface area (Å²) >= 11 is 1.48. The predicted molar refractivity (Wildman–Crippen MR) is 274 cm³/mol. The van der Waals surface area contributed by atoms with Crippen LogP contribution in [0, 0.1) is 36.0 Å². The van der Waals surface area contributed by atoms with Gasteiger partial charge in [-0.15, -0.1) is 11.3 Å². The third-order valence-electron chi connectivity index (χ3n) is 14.5. The molecule has 1 aromatic carbocycles. The number of aromatic nitrogens is 1. The normalized spacial score (nSPS) is 27.1. The van der Waals surface area contributed by atoms with Crippen molar-refractivity contribution in [3.63, 3.8) is 0 Å². The van der Waals surface area contributed by atoms with Gasteiger partial charge in [0.15, 0.2) is 5.67 Å². The van der Waals surface area contributed by atoms with Crippen molar-refractivity contribution in [3.05, 3.63) is 58.8 Å². The average Bonchev–Trinajstić information content (AvgIpc) is 3.74. The number of rotatable bonds is 20. The molecule has 0 spiro atoms. The number of hydrazone groups is 1. The number of esters is 1. The molecule has 3 heterocycles. The molecule has 1 aromatic heterocycles. The molecular weight excluding hydrogens is 960 g/mol. The number of nitrogens with zero attached hydrogens (tertiary/aromatic N) is 4. The number of β-amino-alcohol motifs (C(OH)–C–C–N with tert-alkyl or cyclic N) is 1. The molecule has 7 rings (SSSR count). The maximum Gasteiger partial charge on any atom is 0.407 e. The van der Waals surface area contributed by atoms with Crippen LogP contribution in [0.5, 0.6) is 5.75 Å². The number of halogens is 1. The second-order valence-electron chi connectivity index (χ2n) is 21.5. The highest BCUT2D eigenvalue weighted by Gasteiger charge is 2.53. The number of ether oxygens (including phenoxy) is 3. The number of benzene rings is 1. The van der Waals surface area contributed by atoms with Crippen LogP contribution in [-0.4, -0.2) is 130 Å². The van der Waals surface area contributed by atoms with E-state index in [0.29, 0.717) is 62.2 Å². The Labute approximate surface area is 430 Å². The Hall–Kier alpha value is -5.73. The number of alkyl carbamates (subject to hydrolysis) is 1. The Morgan fingerprint density at radius 1 is 1.11 bits per heavy atom. The molecular formula is C53H73FN8O10S. The predicted octanol–water partition coefficient (Wildman–Crippen LogP) is 5.62. The van der Waals surface area contributed by atoms with Gasteiger partial charge in [0, 0.05) is 63.1 Å². The number of nitrogens with one attached hydrogen (secondary N) is 3. The van der Waals surface area contributed by atoms with E-state index in [1.54, 1.807) is 32.5 Å². The standard InChI is InChI=1S/C53H73FN8O10S/c1-30-20-33-9-8-31(2)40(13-12-39-23-37(63)25-44(65)71-39)45(33)43(21-30)72-51(69)57-18-7-17-56-27-36(61-55)14-19-70-42-22-34(46-32(3)59-29-73-46)10-11-35(42)26-58-48(66)41-24-38(64)28-62(41)49(67)47(52(4,5)6)60-50(68)53(54)15-16-53/h8-11,20,22,27,29-31,37-41,43,45,47,63-64H,7,12-19,21,23-26,28,55H2,1-6H3,(H,57,69)(H,58,66)(H,60,68)/b56-27?,61-36-/t30-,31-,37-,38-,39-,40-,41+,43-,45-,47-/m1/s1. The van der Waals surface area contributed by atoms with Gasteiger partial charge in [-0.1, -0.05) is 65.0 Å². The molecule has 0 unspecified atom stereocenters. The summed E-state index contributed by atoms with van der Waals surface area (Å²) in [6, 6.07) is 3.47. The summed E-state index contributed by atoms with van der Waals surface area (Å²) < 4.78 is 32.7. The molecule has 0 radical (unpaired) electrons. The smallest absolute Gasteiger partial charge is 0.407 e. The van der Waals surface area contributed by atoms with Gasteiger partial charge in [-0.25, -0.2) is 14.2 Å². The Bertz CT molecular complexity index is 2450. The minimum Gasteiger partial charge on any atom is -0.493 e. The van der Waals surface area contributed by atoms with Gasteiger partial charge in [0.25, 0.3) is 5.91 Å². The van der Waals surface area contributed by atoms with Gasteiger partial charge in [-0.2, -0.15) is 5.10 Å². The molecule has 2 saturated heterocycles. The Kier molecular flexibility index (Phi) is 18.2. The van der Waals surface area contributed by atoms with Gasteiger partial charge in [-0.05, 0) is 85.8 Å². The number of aliphatic hydroxyl groups is 2. The van der Waals surface area contributed by atoms with E-state index in [4.69, 9.17) is 20.1 Å². The molecule has 2 aromatic rings. The molecule has 398 valence electrons. The monoisotopic (exact) mass is 1030 g/mol. The zero-order valence-electron chi connectivity index (χ0n) is 42.8. The van der Waals surface area contributed by atoms with Crippen molar-refractivity contribution in [2.45, 2.75) is 154 Å². The fraction of sp³-hybridized carbons (Fsp3) is 0.623. The van der Waals surface area contributed by atoms with Crippen molar-refractivity contribution < 1.29 is 52.8 Å². The van der Waals surface area contributed by atoms with Crippen LogP contribution in [0.15, 0.2) is 57.6 Å². The van der Waals surface area contributed by atoms with E-state index in [-0.39, 0.29) is 87.2 Å². The number of nitrogens with two attached hydrogens (primary N) is 1. The number of hydrogen-bond acceptors (Lipinski definition) is 15. The van der Waals surface area contributed by atoms with E-state index < -0.39 is 59.2 Å². The van der Waals surface area contributed by atoms with Crippen molar-refractivity contribution >= 4 is 53.0 Å². The first-order valence-corrected chi connectivity index (χ1v) is 26.5. The molecule has 3 aliphatic carbocycles. The van der Waals surface area contributed by atoms with Crippen molar-refractivity contribution in [2.75, 3.05) is 26.2 Å². The molecule has 5 aliphatic rings. The largest absolute Gasteiger partial charge is 0.493 e. The lowest BCUT2D eigenvalue weighted by molar-refractivity contribution is -0.160. The third kappa shape index (κ3) is 14.3. The molecule has 0 bridgehead atoms. The fourth-order valence-electron chi connectivity index (χ4n) is 10.3. The van der Waals surface area contributed by atoms with Crippen LogP contribution >= 0.6 is 11.3 Å². The highest BCUT2D eigenvalue weighted by atomic mass is 32.1. The molecule has 20 heteroatoms. The Morgan fingerprint density at radius 3 is 2.59 bits per heavy atom. The quantitative estimate of drug-likeness (QED) is 0.0311. The van der Waals surface area contributed by atoms with E-state index in [1.807, 2.05) is 25.1 Å². The second-order valence-corrected chi connectivity index (χ2v) is 22.3. The number of cyclic esters (lactones) is 1. The van der Waals surface area contributed by atoms with Crippen LogP contribution in [0.3, 0.4) is 0 Å². The minimum absolute atomic E-state index is 0.00568. The zero-order chi connectivity index (χ0) is 52.6. The van der Waals surface area contributed by atoms with Gasteiger partial charge in [-0.3, -0.25) is 24.2 Å². The average molecular weight is 1030 g/mol. The van der Waals surface area contributed by atoms with Gasteiger partial charge < -0.3 is 51.1 Å². The molecule has 1 saturated carbocycles. The zero-order valence-corrected chi connectivity index (χ0v) is 43.6. The number of aryl methyl sites for hydroxylation is 1. The lowest BCUT2D eigenvalue weighted by atomic mass is 9.65. The number of allylic oxidation sites excluding steroid dienone is 3. The number of aliphatic imine (C=N–C) groups is 1. The lowest BCUT2D eigenvalue weighted by Gasteiger charge is -2.43. The second kappa shape index (κ2) is 24.1. The van der Waals surface area contributed by atoms with E-state index >= 15 is 0 Å². The SMILES string of the molecule is Cc1ncsc1-c1ccc(CNC(=O)[C@@H]2C[C@@H](O)CN2C(=O)[C@@H](NC(=O)C2(F)CC2)C(C)(C)C)c(OCC/C(C=NCCCNC(=O)O[C@@H]2C[C@H](C)C=C3C=C[C@@H](C)[C@@H](CC[C@@H]4C[C@@H](O)CC(=O)O4)[C@@H]32)=N/N)c1. The Balaban J connectivity index is 0.895. The molecule has 18 nitrogen and oxygen atoms in total. The highest BCUT2D eigenvalue weighted by molar-refractivity contribution is 7.13. The van der Waals surface area contributed by atoms with Crippen LogP contribution in [0.4, 0.5) is 9.18 Å². The molecule has 2 aliphatic heterocycles. The van der Waals surface area contributed by atoms with Gasteiger partial charge in [0.1, 0.15) is 30.0 Å². The number of fused-ring (bicyclic) bond motifs is 1. The van der Waals surface area contributed by atoms with Gasteiger partial charge in [0.05, 0.1) is 47.0 Å². The highest BCUT2D eigenvalue weighted by Crippen LogP contribution is 2.45. The van der Waals surface area contributed by atoms with E-state index in [0.717, 1.165) is 28.1 Å². The van der Waals surface area contributed by atoms with Crippen LogP contribution in [0.2, 0.25) is 0 Å². The van der Waals surface area contributed by atoms with E-state index in [1.165, 1.54) is 16.2 Å². The fourth-order valence-corrected chi connectivity index (χ4v) is 11.2. The summed E-state index contributed by atoms with van der Waals surface area (Å²) in [7, 11) is 0. The summed E-state index contributed by atoms with van der Waals surface area (Å²) in [5.41, 5.74) is 2.95. The minimum atomic E-state index is -1.99. The topological polar surface area (TPSA) is 256 Å². The van der Waals surface area contributed by atoms with Crippen LogP contribution in [-0.2, 0) is 35.2 Å². The number of amides is 4. The summed E-state index contributed by atoms with van der Waals surface area (Å²) in [6.45, 7) is 12.2. The molecule has 7 N–H and O–H groups in total. The van der Waals surface area contributed by atoms with Crippen LogP contribution in [0.25, 0.3) is 10.4 Å². The number of aliphatic hydroxyl groups excluding tert-OH is 2. The van der Waals surface area contributed by atoms with E-state index in [9.17, 15) is 38.6 Å². The number of carbonyl (C=O) groups excluding carboxylic acids is 5. The van der Waals surface area contributed by atoms with E-state index in [2.05, 4.69) is 63.1 Å². The number of alkyl halides is 1. The number of thiazole rings is 1. The first-order valence-electron chi connectivity index (χ1n) is 25.6. The van der Waals surface area contributed by atoms with Crippen molar-refractivity contribution in [1.82, 2.24) is 25.8 Å². The molecule has 3 fully saturated rings. The van der Waals surface area contributed by atoms with Crippen molar-refractivity contribution in [1.29, 1.82) is 0 Å². The molecule has 73 heavy (non-hydrogen) atoms. The van der Waals surface area contributed by atoms with Gasteiger partial charge >= 0.3 is 12.1 Å². The Morgan fingerprint density at radius 2 is 1.89 bits per heavy atom. The van der Waals surface area contributed by atoms with Crippen LogP contribution in [0.1, 0.15) is 110 Å². The maximum absolute atomic E-state index is 14.7. The number of carbonyl (C=O) groups is 5. The first-order chi connectivity index (χ1) is 34.7. The van der Waals surface area contributed by atoms with Crippen molar-refractivity contribution in [2.24, 2.45) is 45.0 Å². The lowest BCUT2D eigenvalue weighted by Crippen LogP contribution is -2.59.